The molecule has 2 saturated heterocycles. The molecule has 0 bridgehead atoms. The van der Waals surface area contributed by atoms with Crippen LogP contribution in [0.4, 0.5) is 0 Å². The van der Waals surface area contributed by atoms with Gasteiger partial charge in [0.1, 0.15) is 36.6 Å². The Morgan fingerprint density at radius 1 is 0.389 bits per heavy atom. The fourth-order valence-electron chi connectivity index (χ4n) is 6.69. The predicted octanol–water partition coefficient (Wildman–Crippen LogP) is 7.00. The Morgan fingerprint density at radius 2 is 0.722 bits per heavy atom. The lowest BCUT2D eigenvalue weighted by Gasteiger charge is -2.29. The number of rotatable bonds is 19. The highest BCUT2D eigenvalue weighted by molar-refractivity contribution is 5.17. The molecule has 0 radical (unpaired) electrons. The van der Waals surface area contributed by atoms with E-state index in [1.54, 1.807) is 0 Å². The first-order chi connectivity index (χ1) is 26.7. The summed E-state index contributed by atoms with van der Waals surface area (Å²) in [7, 11) is 0. The predicted molar refractivity (Wildman–Crippen MR) is 202 cm³/mol. The van der Waals surface area contributed by atoms with Gasteiger partial charge < -0.3 is 43.0 Å². The molecule has 2 aliphatic rings. The molecular formula is C45H48O9. The molecule has 9 heteroatoms. The van der Waals surface area contributed by atoms with Crippen molar-refractivity contribution in [1.82, 2.24) is 0 Å². The minimum absolute atomic E-state index is 0.184. The SMILES string of the molecule is O[C@H]1O[C@H](COCc2ccccc2)[C@@H](OCc2ccccc2)[C@@H]1O[C@@H]1O[C@H](COCc2ccccc2)[C@@H](OCc2ccccc2)[C@@H]1OCc1ccccc1. The third-order valence-electron chi connectivity index (χ3n) is 9.49. The molecule has 54 heavy (non-hydrogen) atoms. The van der Waals surface area contributed by atoms with Crippen LogP contribution in [0.3, 0.4) is 0 Å². The standard InChI is InChI=1S/C45H48O9/c46-44-42(40(49-28-35-20-10-3-11-21-35)38(52-44)31-47-26-33-16-6-1-7-17-33)54-45-43(51-30-37-24-14-5-15-25-37)41(50-29-36-22-12-4-13-23-36)39(53-45)32-48-27-34-18-8-2-9-19-34/h1-25,38-46H,26-32H2/t38-,39-,40-,41-,42+,43+,44+,45+/m1/s1. The highest BCUT2D eigenvalue weighted by Crippen LogP contribution is 2.35. The summed E-state index contributed by atoms with van der Waals surface area (Å²) in [5.41, 5.74) is 5.07. The van der Waals surface area contributed by atoms with Crippen molar-refractivity contribution in [2.45, 2.75) is 82.2 Å². The summed E-state index contributed by atoms with van der Waals surface area (Å²) in [5.74, 6) is 0. The summed E-state index contributed by atoms with van der Waals surface area (Å²) in [6.07, 6.45) is -6.29. The van der Waals surface area contributed by atoms with Gasteiger partial charge in [0, 0.05) is 0 Å². The minimum Gasteiger partial charge on any atom is -0.374 e. The molecule has 282 valence electrons. The maximum Gasteiger partial charge on any atom is 0.187 e. The maximum atomic E-state index is 11.4. The molecule has 0 spiro atoms. The molecule has 5 aromatic rings. The molecule has 2 heterocycles. The number of ether oxygens (including phenoxy) is 8. The molecule has 1 N–H and O–H groups in total. The molecule has 0 aliphatic carbocycles. The van der Waals surface area contributed by atoms with E-state index < -0.39 is 49.2 Å². The summed E-state index contributed by atoms with van der Waals surface area (Å²) in [6.45, 7) is 2.12. The monoisotopic (exact) mass is 732 g/mol. The zero-order valence-electron chi connectivity index (χ0n) is 30.2. The van der Waals surface area contributed by atoms with Crippen molar-refractivity contribution in [3.63, 3.8) is 0 Å². The van der Waals surface area contributed by atoms with Crippen molar-refractivity contribution in [2.75, 3.05) is 13.2 Å². The fraction of sp³-hybridized carbons (Fsp3) is 0.333. The van der Waals surface area contributed by atoms with Crippen LogP contribution in [-0.4, -0.2) is 67.5 Å². The quantitative estimate of drug-likeness (QED) is 0.0964. The van der Waals surface area contributed by atoms with Gasteiger partial charge in [-0.25, -0.2) is 0 Å². The van der Waals surface area contributed by atoms with Crippen LogP contribution in [0.1, 0.15) is 27.8 Å². The summed E-state index contributed by atoms with van der Waals surface area (Å²) in [5, 5.41) is 11.4. The van der Waals surface area contributed by atoms with Crippen molar-refractivity contribution in [3.05, 3.63) is 179 Å². The van der Waals surface area contributed by atoms with Crippen LogP contribution < -0.4 is 0 Å². The molecule has 2 aliphatic heterocycles. The molecule has 2 fully saturated rings. The van der Waals surface area contributed by atoms with Gasteiger partial charge in [-0.3, -0.25) is 0 Å². The molecule has 0 saturated carbocycles. The van der Waals surface area contributed by atoms with Crippen LogP contribution in [0.25, 0.3) is 0 Å². The van der Waals surface area contributed by atoms with E-state index in [0.29, 0.717) is 26.4 Å². The van der Waals surface area contributed by atoms with Crippen molar-refractivity contribution >= 4 is 0 Å². The van der Waals surface area contributed by atoms with Crippen LogP contribution >= 0.6 is 0 Å². The lowest BCUT2D eigenvalue weighted by atomic mass is 10.1. The average molecular weight is 733 g/mol. The topological polar surface area (TPSA) is 94.1 Å². The van der Waals surface area contributed by atoms with E-state index in [2.05, 4.69) is 0 Å². The van der Waals surface area contributed by atoms with Gasteiger partial charge in [-0.2, -0.15) is 0 Å². The Bertz CT molecular complexity index is 1760. The lowest BCUT2D eigenvalue weighted by molar-refractivity contribution is -0.246. The molecule has 5 aromatic carbocycles. The minimum atomic E-state index is -1.31. The first-order valence-corrected chi connectivity index (χ1v) is 18.5. The Labute approximate surface area is 317 Å². The second-order valence-corrected chi connectivity index (χ2v) is 13.5. The van der Waals surface area contributed by atoms with E-state index in [-0.39, 0.29) is 19.8 Å². The molecular weight excluding hydrogens is 684 g/mol. The molecule has 0 unspecified atom stereocenters. The van der Waals surface area contributed by atoms with Crippen LogP contribution in [0.2, 0.25) is 0 Å². The zero-order valence-corrected chi connectivity index (χ0v) is 30.2. The van der Waals surface area contributed by atoms with Gasteiger partial charge in [0.05, 0.1) is 46.2 Å². The second kappa shape index (κ2) is 19.9. The van der Waals surface area contributed by atoms with Crippen LogP contribution in [0, 0.1) is 0 Å². The highest BCUT2D eigenvalue weighted by atomic mass is 16.8. The molecule has 7 rings (SSSR count). The van der Waals surface area contributed by atoms with Gasteiger partial charge in [0.25, 0.3) is 0 Å². The Morgan fingerprint density at radius 3 is 1.13 bits per heavy atom. The number of hydrogen-bond acceptors (Lipinski definition) is 9. The number of benzene rings is 5. The first-order valence-electron chi connectivity index (χ1n) is 18.5. The van der Waals surface area contributed by atoms with E-state index in [1.807, 2.05) is 152 Å². The Kier molecular flexibility index (Phi) is 14.0. The maximum absolute atomic E-state index is 11.4. The Hall–Kier alpha value is -4.26. The number of hydrogen-bond donors (Lipinski definition) is 1. The van der Waals surface area contributed by atoms with E-state index in [4.69, 9.17) is 37.9 Å². The van der Waals surface area contributed by atoms with Crippen molar-refractivity contribution in [3.8, 4) is 0 Å². The lowest BCUT2D eigenvalue weighted by Crippen LogP contribution is -2.45. The Balaban J connectivity index is 1.11. The van der Waals surface area contributed by atoms with Crippen LogP contribution in [0.15, 0.2) is 152 Å². The third-order valence-corrected chi connectivity index (χ3v) is 9.49. The summed E-state index contributed by atoms with van der Waals surface area (Å²) in [4.78, 5) is 0. The molecule has 0 amide bonds. The van der Waals surface area contributed by atoms with E-state index >= 15 is 0 Å². The van der Waals surface area contributed by atoms with Gasteiger partial charge in [-0.1, -0.05) is 152 Å². The number of aliphatic hydroxyl groups is 1. The van der Waals surface area contributed by atoms with Crippen molar-refractivity contribution < 1.29 is 43.0 Å². The molecule has 8 atom stereocenters. The fourth-order valence-corrected chi connectivity index (χ4v) is 6.69. The second-order valence-electron chi connectivity index (χ2n) is 13.5. The smallest absolute Gasteiger partial charge is 0.187 e. The van der Waals surface area contributed by atoms with Crippen LogP contribution in [-0.2, 0) is 70.9 Å². The molecule has 0 aromatic heterocycles. The summed E-state index contributed by atoms with van der Waals surface area (Å²) in [6, 6.07) is 49.7. The summed E-state index contributed by atoms with van der Waals surface area (Å²) < 4.78 is 51.5. The average Bonchev–Trinajstić information content (AvgIpc) is 3.71. The van der Waals surface area contributed by atoms with Gasteiger partial charge >= 0.3 is 0 Å². The van der Waals surface area contributed by atoms with E-state index in [9.17, 15) is 5.11 Å². The van der Waals surface area contributed by atoms with E-state index in [1.165, 1.54) is 0 Å². The van der Waals surface area contributed by atoms with Crippen molar-refractivity contribution in [1.29, 1.82) is 0 Å². The zero-order chi connectivity index (χ0) is 36.8. The molecule has 9 nitrogen and oxygen atoms in total. The van der Waals surface area contributed by atoms with Gasteiger partial charge in [0.15, 0.2) is 12.6 Å². The van der Waals surface area contributed by atoms with Crippen LogP contribution in [0.5, 0.6) is 0 Å². The first kappa shape index (κ1) is 38.0. The number of aliphatic hydroxyl groups excluding tert-OH is 1. The van der Waals surface area contributed by atoms with Gasteiger partial charge in [-0.15, -0.1) is 0 Å². The largest absolute Gasteiger partial charge is 0.374 e. The van der Waals surface area contributed by atoms with Gasteiger partial charge in [-0.05, 0) is 27.8 Å². The highest BCUT2D eigenvalue weighted by Gasteiger charge is 2.53. The van der Waals surface area contributed by atoms with E-state index in [0.717, 1.165) is 27.8 Å². The summed E-state index contributed by atoms with van der Waals surface area (Å²) >= 11 is 0. The normalized spacial score (nSPS) is 25.2. The van der Waals surface area contributed by atoms with Crippen molar-refractivity contribution in [2.24, 2.45) is 0 Å². The van der Waals surface area contributed by atoms with Gasteiger partial charge in [0.2, 0.25) is 0 Å². The third kappa shape index (κ3) is 10.7.